The van der Waals surface area contributed by atoms with E-state index in [1.807, 2.05) is 0 Å². The van der Waals surface area contributed by atoms with Gasteiger partial charge >= 0.3 is 0 Å². The number of hydrogen-bond acceptors (Lipinski definition) is 5. The van der Waals surface area contributed by atoms with E-state index >= 15 is 0 Å². The van der Waals surface area contributed by atoms with Gasteiger partial charge in [-0.1, -0.05) is 0 Å². The Bertz CT molecular complexity index is 547. The summed E-state index contributed by atoms with van der Waals surface area (Å²) in [4.78, 5) is -0.200. The van der Waals surface area contributed by atoms with Gasteiger partial charge < -0.3 is 10.8 Å². The Morgan fingerprint density at radius 3 is 2.68 bits per heavy atom. The SMILES string of the molecule is CSCC(C)(O)CNS(=O)(=O)c1ccc(F)cc1N. The van der Waals surface area contributed by atoms with Crippen LogP contribution < -0.4 is 10.5 Å². The van der Waals surface area contributed by atoms with Crippen molar-refractivity contribution in [3.05, 3.63) is 24.0 Å². The summed E-state index contributed by atoms with van der Waals surface area (Å²) in [5.74, 6) is -0.222. The van der Waals surface area contributed by atoms with Crippen molar-refractivity contribution in [3.8, 4) is 0 Å². The van der Waals surface area contributed by atoms with E-state index in [1.165, 1.54) is 18.7 Å². The van der Waals surface area contributed by atoms with E-state index < -0.39 is 21.4 Å². The predicted octanol–water partition coefficient (Wildman–Crippen LogP) is 0.800. The molecule has 0 aliphatic carbocycles. The van der Waals surface area contributed by atoms with Crippen LogP contribution in [0.25, 0.3) is 0 Å². The molecule has 5 nitrogen and oxygen atoms in total. The number of rotatable bonds is 6. The summed E-state index contributed by atoms with van der Waals surface area (Å²) in [7, 11) is -3.87. The molecule has 0 fully saturated rings. The molecule has 0 saturated carbocycles. The third kappa shape index (κ3) is 4.64. The molecule has 0 bridgehead atoms. The first-order valence-corrected chi connectivity index (χ1v) is 8.32. The number of nitrogens with two attached hydrogens (primary N) is 1. The number of hydrogen-bond donors (Lipinski definition) is 3. The third-order valence-electron chi connectivity index (χ3n) is 2.36. The molecule has 8 heteroatoms. The molecule has 0 aliphatic rings. The maximum Gasteiger partial charge on any atom is 0.242 e. The van der Waals surface area contributed by atoms with E-state index in [-0.39, 0.29) is 17.1 Å². The van der Waals surface area contributed by atoms with Crippen molar-refractivity contribution >= 4 is 27.5 Å². The van der Waals surface area contributed by atoms with E-state index in [2.05, 4.69) is 4.72 Å². The average Bonchev–Trinajstić information content (AvgIpc) is 2.26. The summed E-state index contributed by atoms with van der Waals surface area (Å²) in [5, 5.41) is 9.90. The molecule has 0 saturated heterocycles. The minimum atomic E-state index is -3.87. The smallest absolute Gasteiger partial charge is 0.242 e. The zero-order chi connectivity index (χ0) is 14.7. The lowest BCUT2D eigenvalue weighted by Gasteiger charge is -2.22. The quantitative estimate of drug-likeness (QED) is 0.676. The number of nitrogen functional groups attached to an aromatic ring is 1. The molecule has 0 amide bonds. The van der Waals surface area contributed by atoms with Gasteiger partial charge in [-0.25, -0.2) is 17.5 Å². The number of nitrogens with one attached hydrogen (secondary N) is 1. The van der Waals surface area contributed by atoms with E-state index in [4.69, 9.17) is 5.73 Å². The summed E-state index contributed by atoms with van der Waals surface area (Å²) in [6.07, 6.45) is 1.81. The predicted molar refractivity (Wildman–Crippen MR) is 75.0 cm³/mol. The van der Waals surface area contributed by atoms with Crippen LogP contribution in [0.4, 0.5) is 10.1 Å². The number of benzene rings is 1. The van der Waals surface area contributed by atoms with Crippen LogP contribution in [0.2, 0.25) is 0 Å². The van der Waals surface area contributed by atoms with E-state index in [1.54, 1.807) is 6.26 Å². The normalized spacial score (nSPS) is 15.2. The second kappa shape index (κ2) is 6.08. The third-order valence-corrected chi connectivity index (χ3v) is 4.75. The highest BCUT2D eigenvalue weighted by Crippen LogP contribution is 2.19. The van der Waals surface area contributed by atoms with Gasteiger partial charge in [-0.05, 0) is 31.4 Å². The van der Waals surface area contributed by atoms with Crippen molar-refractivity contribution in [1.82, 2.24) is 4.72 Å². The molecule has 1 aromatic carbocycles. The maximum absolute atomic E-state index is 12.9. The average molecular weight is 308 g/mol. The first-order valence-electron chi connectivity index (χ1n) is 5.44. The Morgan fingerprint density at radius 1 is 1.53 bits per heavy atom. The van der Waals surface area contributed by atoms with Gasteiger partial charge in [0.25, 0.3) is 0 Å². The molecule has 4 N–H and O–H groups in total. The first kappa shape index (κ1) is 16.2. The van der Waals surface area contributed by atoms with E-state index in [0.29, 0.717) is 5.75 Å². The minimum Gasteiger partial charge on any atom is -0.398 e. The van der Waals surface area contributed by atoms with Crippen LogP contribution >= 0.6 is 11.8 Å². The Morgan fingerprint density at radius 2 is 2.16 bits per heavy atom. The Labute approximate surface area is 116 Å². The first-order chi connectivity index (χ1) is 8.68. The van der Waals surface area contributed by atoms with Gasteiger partial charge in [-0.2, -0.15) is 11.8 Å². The molecule has 108 valence electrons. The molecule has 0 heterocycles. The van der Waals surface area contributed by atoms with E-state index in [0.717, 1.165) is 18.2 Å². The Hall–Kier alpha value is -0.830. The highest BCUT2D eigenvalue weighted by Gasteiger charge is 2.25. The lowest BCUT2D eigenvalue weighted by molar-refractivity contribution is 0.0908. The molecule has 0 aliphatic heterocycles. The van der Waals surface area contributed by atoms with Gasteiger partial charge in [0.15, 0.2) is 0 Å². The molecule has 0 spiro atoms. The summed E-state index contributed by atoms with van der Waals surface area (Å²) in [5.41, 5.74) is 4.14. The second-order valence-electron chi connectivity index (χ2n) is 4.44. The van der Waals surface area contributed by atoms with Gasteiger partial charge in [0.05, 0.1) is 11.3 Å². The van der Waals surface area contributed by atoms with Gasteiger partial charge in [0, 0.05) is 12.3 Å². The zero-order valence-corrected chi connectivity index (χ0v) is 12.3. The van der Waals surface area contributed by atoms with Crippen LogP contribution in [-0.4, -0.2) is 37.7 Å². The molecule has 0 radical (unpaired) electrons. The molecular formula is C11H17FN2O3S2. The fourth-order valence-corrected chi connectivity index (χ4v) is 3.45. The molecule has 1 aromatic rings. The second-order valence-corrected chi connectivity index (χ2v) is 7.04. The fourth-order valence-electron chi connectivity index (χ4n) is 1.45. The molecular weight excluding hydrogens is 291 g/mol. The summed E-state index contributed by atoms with van der Waals surface area (Å²) in [6, 6.07) is 3.05. The zero-order valence-electron chi connectivity index (χ0n) is 10.7. The molecule has 0 aromatic heterocycles. The Balaban J connectivity index is 2.87. The van der Waals surface area contributed by atoms with Gasteiger partial charge in [-0.15, -0.1) is 0 Å². The lowest BCUT2D eigenvalue weighted by Crippen LogP contribution is -2.42. The van der Waals surface area contributed by atoms with Crippen LogP contribution in [-0.2, 0) is 10.0 Å². The standard InChI is InChI=1S/C11H17FN2O3S2/c1-11(15,7-18-2)6-14-19(16,17)10-4-3-8(12)5-9(10)13/h3-5,14-15H,6-7,13H2,1-2H3. The lowest BCUT2D eigenvalue weighted by atomic mass is 10.1. The Kier molecular flexibility index (Phi) is 5.19. The maximum atomic E-state index is 12.9. The summed E-state index contributed by atoms with van der Waals surface area (Å²) < 4.78 is 39.1. The highest BCUT2D eigenvalue weighted by molar-refractivity contribution is 7.98. The molecule has 1 unspecified atom stereocenters. The summed E-state index contributed by atoms with van der Waals surface area (Å²) in [6.45, 7) is 1.38. The van der Waals surface area contributed by atoms with Crippen molar-refractivity contribution in [1.29, 1.82) is 0 Å². The summed E-state index contributed by atoms with van der Waals surface area (Å²) >= 11 is 1.40. The highest BCUT2D eigenvalue weighted by atomic mass is 32.2. The van der Waals surface area contributed by atoms with Crippen LogP contribution in [0.1, 0.15) is 6.92 Å². The van der Waals surface area contributed by atoms with E-state index in [9.17, 15) is 17.9 Å². The number of anilines is 1. The number of halogens is 1. The number of aliphatic hydroxyl groups is 1. The monoisotopic (exact) mass is 308 g/mol. The van der Waals surface area contributed by atoms with Crippen molar-refractivity contribution in [2.24, 2.45) is 0 Å². The largest absolute Gasteiger partial charge is 0.398 e. The van der Waals surface area contributed by atoms with Gasteiger partial charge in [-0.3, -0.25) is 0 Å². The van der Waals surface area contributed by atoms with Crippen LogP contribution in [0.5, 0.6) is 0 Å². The molecule has 1 rings (SSSR count). The minimum absolute atomic E-state index is 0.146. The van der Waals surface area contributed by atoms with Crippen molar-refractivity contribution in [3.63, 3.8) is 0 Å². The number of sulfonamides is 1. The topological polar surface area (TPSA) is 92.4 Å². The van der Waals surface area contributed by atoms with Crippen molar-refractivity contribution < 1.29 is 17.9 Å². The fraction of sp³-hybridized carbons (Fsp3) is 0.455. The van der Waals surface area contributed by atoms with Gasteiger partial charge in [0.2, 0.25) is 10.0 Å². The number of thioether (sulfide) groups is 1. The van der Waals surface area contributed by atoms with Crippen molar-refractivity contribution in [2.45, 2.75) is 17.4 Å². The molecule has 19 heavy (non-hydrogen) atoms. The van der Waals surface area contributed by atoms with Crippen LogP contribution in [0.3, 0.4) is 0 Å². The van der Waals surface area contributed by atoms with Crippen molar-refractivity contribution in [2.75, 3.05) is 24.3 Å². The molecule has 1 atom stereocenters. The van der Waals surface area contributed by atoms with Gasteiger partial charge in [0.1, 0.15) is 10.7 Å². The van der Waals surface area contributed by atoms with Crippen LogP contribution in [0.15, 0.2) is 23.1 Å². The van der Waals surface area contributed by atoms with Crippen LogP contribution in [0, 0.1) is 5.82 Å².